The minimum atomic E-state index is -0.513. The number of nitrogens with one attached hydrogen (secondary N) is 1. The van der Waals surface area contributed by atoms with Gasteiger partial charge in [0.05, 0.1) is 11.1 Å². The Hall–Kier alpha value is -2.09. The van der Waals surface area contributed by atoms with Crippen LogP contribution in [0.15, 0.2) is 29.6 Å². The standard InChI is InChI=1S/C18H22ClN3O3S/c1-18(2,9-20)10-22(3)17(25)13-6-7-26-16(13)21-15(24)12-5-4-11(19)8-14(12)23/h4-8,23H,9-10,20H2,1-3H3,(H,21,24). The minimum Gasteiger partial charge on any atom is -0.507 e. The van der Waals surface area contributed by atoms with Gasteiger partial charge in [-0.1, -0.05) is 25.4 Å². The van der Waals surface area contributed by atoms with E-state index in [1.165, 1.54) is 29.5 Å². The van der Waals surface area contributed by atoms with Gasteiger partial charge in [0.2, 0.25) is 0 Å². The Morgan fingerprint density at radius 3 is 2.62 bits per heavy atom. The topological polar surface area (TPSA) is 95.7 Å². The van der Waals surface area contributed by atoms with Crippen molar-refractivity contribution in [1.82, 2.24) is 4.90 Å². The highest BCUT2D eigenvalue weighted by atomic mass is 35.5. The van der Waals surface area contributed by atoms with Crippen LogP contribution in [0.25, 0.3) is 0 Å². The van der Waals surface area contributed by atoms with Crippen molar-refractivity contribution in [3.8, 4) is 5.75 Å². The molecule has 0 aliphatic rings. The summed E-state index contributed by atoms with van der Waals surface area (Å²) in [6.45, 7) is 4.91. The molecule has 0 aliphatic carbocycles. The number of hydrogen-bond acceptors (Lipinski definition) is 5. The Labute approximate surface area is 161 Å². The summed E-state index contributed by atoms with van der Waals surface area (Å²) < 4.78 is 0. The number of hydrogen-bond donors (Lipinski definition) is 3. The lowest BCUT2D eigenvalue weighted by Gasteiger charge is -2.29. The molecule has 1 aromatic heterocycles. The highest BCUT2D eigenvalue weighted by Gasteiger charge is 2.25. The first-order valence-electron chi connectivity index (χ1n) is 7.97. The number of thiophene rings is 1. The zero-order valence-corrected chi connectivity index (χ0v) is 16.4. The Morgan fingerprint density at radius 2 is 2.00 bits per heavy atom. The number of anilines is 1. The van der Waals surface area contributed by atoms with Crippen LogP contribution < -0.4 is 11.1 Å². The van der Waals surface area contributed by atoms with Crippen molar-refractivity contribution in [2.24, 2.45) is 11.1 Å². The number of rotatable bonds is 6. The monoisotopic (exact) mass is 395 g/mol. The van der Waals surface area contributed by atoms with Gasteiger partial charge in [0.1, 0.15) is 10.8 Å². The molecule has 6 nitrogen and oxygen atoms in total. The summed E-state index contributed by atoms with van der Waals surface area (Å²) in [6, 6.07) is 5.90. The highest BCUT2D eigenvalue weighted by Crippen LogP contribution is 2.28. The average Bonchev–Trinajstić information content (AvgIpc) is 3.01. The van der Waals surface area contributed by atoms with Gasteiger partial charge in [0.15, 0.2) is 0 Å². The van der Waals surface area contributed by atoms with E-state index in [1.54, 1.807) is 23.4 Å². The lowest BCUT2D eigenvalue weighted by Crippen LogP contribution is -2.39. The highest BCUT2D eigenvalue weighted by molar-refractivity contribution is 7.14. The summed E-state index contributed by atoms with van der Waals surface area (Å²) in [4.78, 5) is 26.7. The quantitative estimate of drug-likeness (QED) is 0.698. The maximum atomic E-state index is 12.7. The molecule has 140 valence electrons. The zero-order chi connectivity index (χ0) is 19.5. The number of carbonyl (C=O) groups excluding carboxylic acids is 2. The van der Waals surface area contributed by atoms with Crippen molar-refractivity contribution in [2.45, 2.75) is 13.8 Å². The Morgan fingerprint density at radius 1 is 1.31 bits per heavy atom. The van der Waals surface area contributed by atoms with Gasteiger partial charge in [-0.3, -0.25) is 9.59 Å². The predicted molar refractivity (Wildman–Crippen MR) is 105 cm³/mol. The Kier molecular flexibility index (Phi) is 6.28. The number of carbonyl (C=O) groups is 2. The van der Waals surface area contributed by atoms with Crippen molar-refractivity contribution in [3.05, 3.63) is 45.8 Å². The normalized spacial score (nSPS) is 11.3. The predicted octanol–water partition coefficient (Wildman–Crippen LogP) is 3.42. The first kappa shape index (κ1) is 20.2. The third-order valence-corrected chi connectivity index (χ3v) is 4.96. The van der Waals surface area contributed by atoms with Crippen LogP contribution in [0.5, 0.6) is 5.75 Å². The number of nitrogens with zero attached hydrogens (tertiary/aromatic N) is 1. The van der Waals surface area contributed by atoms with E-state index in [-0.39, 0.29) is 22.6 Å². The van der Waals surface area contributed by atoms with Gasteiger partial charge < -0.3 is 21.1 Å². The summed E-state index contributed by atoms with van der Waals surface area (Å²) in [6.07, 6.45) is 0. The van der Waals surface area contributed by atoms with Gasteiger partial charge in [-0.15, -0.1) is 11.3 Å². The third kappa shape index (κ3) is 4.75. The molecule has 0 bridgehead atoms. The largest absolute Gasteiger partial charge is 0.507 e. The summed E-state index contributed by atoms with van der Waals surface area (Å²) in [5, 5.41) is 15.0. The Bertz CT molecular complexity index is 820. The second-order valence-corrected chi connectivity index (χ2v) is 8.16. The van der Waals surface area contributed by atoms with Gasteiger partial charge >= 0.3 is 0 Å². The first-order valence-corrected chi connectivity index (χ1v) is 9.23. The fraction of sp³-hybridized carbons (Fsp3) is 0.333. The molecule has 2 aromatic rings. The molecule has 0 unspecified atom stereocenters. The van der Waals surface area contributed by atoms with E-state index in [0.717, 1.165) is 0 Å². The molecular weight excluding hydrogens is 374 g/mol. The van der Waals surface area contributed by atoms with Crippen molar-refractivity contribution in [1.29, 1.82) is 0 Å². The van der Waals surface area contributed by atoms with Gasteiger partial charge in [0, 0.05) is 18.6 Å². The SMILES string of the molecule is CN(CC(C)(C)CN)C(=O)c1ccsc1NC(=O)c1ccc(Cl)cc1O. The van der Waals surface area contributed by atoms with Crippen LogP contribution in [-0.4, -0.2) is 42.0 Å². The number of phenols is 1. The van der Waals surface area contributed by atoms with Crippen LogP contribution in [0.4, 0.5) is 5.00 Å². The lowest BCUT2D eigenvalue weighted by molar-refractivity contribution is 0.0742. The van der Waals surface area contributed by atoms with Crippen LogP contribution in [0.3, 0.4) is 0 Å². The molecule has 0 aliphatic heterocycles. The second-order valence-electron chi connectivity index (χ2n) is 6.81. The minimum absolute atomic E-state index is 0.0822. The summed E-state index contributed by atoms with van der Waals surface area (Å²) in [5.74, 6) is -0.940. The van der Waals surface area contributed by atoms with E-state index >= 15 is 0 Å². The summed E-state index contributed by atoms with van der Waals surface area (Å²) >= 11 is 7.02. The second kappa shape index (κ2) is 8.07. The molecule has 1 heterocycles. The lowest BCUT2D eigenvalue weighted by atomic mass is 9.93. The van der Waals surface area contributed by atoms with Crippen LogP contribution >= 0.6 is 22.9 Å². The maximum absolute atomic E-state index is 12.7. The average molecular weight is 396 g/mol. The van der Waals surface area contributed by atoms with Crippen molar-refractivity contribution in [3.63, 3.8) is 0 Å². The van der Waals surface area contributed by atoms with Gasteiger partial charge in [-0.25, -0.2) is 0 Å². The molecule has 0 fully saturated rings. The number of benzene rings is 1. The van der Waals surface area contributed by atoms with E-state index in [1.807, 2.05) is 13.8 Å². The molecule has 0 saturated carbocycles. The van der Waals surface area contributed by atoms with Crippen LogP contribution in [0.2, 0.25) is 5.02 Å². The van der Waals surface area contributed by atoms with Crippen LogP contribution in [0.1, 0.15) is 34.6 Å². The Balaban J connectivity index is 2.17. The van der Waals surface area contributed by atoms with E-state index in [2.05, 4.69) is 5.32 Å². The van der Waals surface area contributed by atoms with Crippen molar-refractivity contribution >= 4 is 39.8 Å². The maximum Gasteiger partial charge on any atom is 0.260 e. The molecule has 4 N–H and O–H groups in total. The van der Waals surface area contributed by atoms with Gasteiger partial charge in [0.25, 0.3) is 11.8 Å². The first-order chi connectivity index (χ1) is 12.1. The molecule has 2 rings (SSSR count). The number of halogens is 1. The van der Waals surface area contributed by atoms with E-state index in [9.17, 15) is 14.7 Å². The van der Waals surface area contributed by atoms with Crippen molar-refractivity contribution in [2.75, 3.05) is 25.5 Å². The number of phenolic OH excluding ortho intramolecular Hbond substituents is 1. The van der Waals surface area contributed by atoms with Crippen molar-refractivity contribution < 1.29 is 14.7 Å². The third-order valence-electron chi connectivity index (χ3n) is 3.89. The van der Waals surface area contributed by atoms with E-state index in [0.29, 0.717) is 28.7 Å². The number of aromatic hydroxyl groups is 1. The zero-order valence-electron chi connectivity index (χ0n) is 14.9. The fourth-order valence-corrected chi connectivity index (χ4v) is 3.37. The van der Waals surface area contributed by atoms with E-state index < -0.39 is 5.91 Å². The summed E-state index contributed by atoms with van der Waals surface area (Å²) in [7, 11) is 1.70. The summed E-state index contributed by atoms with van der Waals surface area (Å²) in [5.41, 5.74) is 6.00. The fourth-order valence-electron chi connectivity index (χ4n) is 2.43. The van der Waals surface area contributed by atoms with E-state index in [4.69, 9.17) is 17.3 Å². The molecular formula is C18H22ClN3O3S. The smallest absolute Gasteiger partial charge is 0.260 e. The molecule has 1 aromatic carbocycles. The number of nitrogens with two attached hydrogens (primary N) is 1. The molecule has 0 atom stereocenters. The molecule has 26 heavy (non-hydrogen) atoms. The molecule has 2 amide bonds. The molecule has 0 saturated heterocycles. The van der Waals surface area contributed by atoms with Gasteiger partial charge in [-0.2, -0.15) is 0 Å². The van der Waals surface area contributed by atoms with Crippen LogP contribution in [-0.2, 0) is 0 Å². The van der Waals surface area contributed by atoms with Gasteiger partial charge in [-0.05, 0) is 41.6 Å². The molecule has 0 radical (unpaired) electrons. The molecule has 8 heteroatoms. The van der Waals surface area contributed by atoms with Crippen LogP contribution in [0, 0.1) is 5.41 Å². The number of amides is 2. The molecule has 0 spiro atoms.